The van der Waals surface area contributed by atoms with Crippen LogP contribution in [0.1, 0.15) is 17.5 Å². The molecule has 4 heteroatoms. The Balaban J connectivity index is 1.72. The molecule has 0 aliphatic carbocycles. The van der Waals surface area contributed by atoms with Crippen molar-refractivity contribution in [1.29, 1.82) is 0 Å². The fourth-order valence-corrected chi connectivity index (χ4v) is 2.29. The average Bonchev–Trinajstić information content (AvgIpc) is 2.46. The molecule has 0 saturated carbocycles. The van der Waals surface area contributed by atoms with Crippen molar-refractivity contribution in [2.45, 2.75) is 19.9 Å². The number of nitrogens with one attached hydrogen (secondary N) is 1. The molecule has 1 amide bonds. The largest absolute Gasteiger partial charge is 0.493 e. The third kappa shape index (κ3) is 5.23. The quantitative estimate of drug-likeness (QED) is 0.861. The predicted molar refractivity (Wildman–Crippen MR) is 87.3 cm³/mol. The summed E-state index contributed by atoms with van der Waals surface area (Å²) < 4.78 is 6.50. The maximum atomic E-state index is 11.8. The number of ether oxygens (including phenoxy) is 1. The number of amides is 1. The summed E-state index contributed by atoms with van der Waals surface area (Å²) in [5.74, 6) is 0.754. The molecule has 3 nitrogen and oxygen atoms in total. The molecule has 0 heterocycles. The number of aryl methyl sites for hydroxylation is 1. The standard InChI is InChI=1S/C17H18BrNO2/c1-13-5-2-3-6-14(13)12-19-17(20)9-10-21-16-8-4-7-15(18)11-16/h2-8,11H,9-10,12H2,1H3,(H,19,20). The first-order valence-electron chi connectivity index (χ1n) is 6.85. The number of carbonyl (C=O) groups is 1. The second-order valence-corrected chi connectivity index (χ2v) is 5.67. The molecule has 0 atom stereocenters. The van der Waals surface area contributed by atoms with Crippen molar-refractivity contribution in [2.24, 2.45) is 0 Å². The lowest BCUT2D eigenvalue weighted by Crippen LogP contribution is -2.24. The third-order valence-electron chi connectivity index (χ3n) is 3.13. The molecule has 0 aromatic heterocycles. The Hall–Kier alpha value is -1.81. The molecule has 0 fully saturated rings. The summed E-state index contributed by atoms with van der Waals surface area (Å²) in [7, 11) is 0. The van der Waals surface area contributed by atoms with Crippen molar-refractivity contribution < 1.29 is 9.53 Å². The van der Waals surface area contributed by atoms with Crippen LogP contribution >= 0.6 is 15.9 Å². The van der Waals surface area contributed by atoms with Gasteiger partial charge in [0.25, 0.3) is 0 Å². The average molecular weight is 348 g/mol. The van der Waals surface area contributed by atoms with Crippen molar-refractivity contribution in [2.75, 3.05) is 6.61 Å². The van der Waals surface area contributed by atoms with E-state index in [4.69, 9.17) is 4.74 Å². The molecule has 110 valence electrons. The van der Waals surface area contributed by atoms with E-state index in [9.17, 15) is 4.79 Å². The van der Waals surface area contributed by atoms with Gasteiger partial charge in [0.1, 0.15) is 5.75 Å². The highest BCUT2D eigenvalue weighted by Gasteiger charge is 2.03. The zero-order chi connectivity index (χ0) is 15.1. The van der Waals surface area contributed by atoms with Gasteiger partial charge in [0, 0.05) is 11.0 Å². The van der Waals surface area contributed by atoms with Crippen LogP contribution in [0.4, 0.5) is 0 Å². The molecule has 0 saturated heterocycles. The van der Waals surface area contributed by atoms with Crippen LogP contribution in [0, 0.1) is 6.92 Å². The van der Waals surface area contributed by atoms with Crippen molar-refractivity contribution in [3.05, 3.63) is 64.1 Å². The van der Waals surface area contributed by atoms with Gasteiger partial charge in [-0.2, -0.15) is 0 Å². The minimum Gasteiger partial charge on any atom is -0.493 e. The lowest BCUT2D eigenvalue weighted by atomic mass is 10.1. The minimum absolute atomic E-state index is 0.00625. The molecule has 0 spiro atoms. The number of benzene rings is 2. The van der Waals surface area contributed by atoms with E-state index in [-0.39, 0.29) is 5.91 Å². The first-order chi connectivity index (χ1) is 10.1. The molecular formula is C17H18BrNO2. The molecule has 2 aromatic carbocycles. The van der Waals surface area contributed by atoms with Gasteiger partial charge in [0.05, 0.1) is 13.0 Å². The Labute approximate surface area is 133 Å². The molecule has 0 unspecified atom stereocenters. The molecule has 0 radical (unpaired) electrons. The van der Waals surface area contributed by atoms with Gasteiger partial charge >= 0.3 is 0 Å². The van der Waals surface area contributed by atoms with E-state index >= 15 is 0 Å². The van der Waals surface area contributed by atoms with Crippen LogP contribution < -0.4 is 10.1 Å². The van der Waals surface area contributed by atoms with E-state index in [2.05, 4.69) is 21.2 Å². The molecule has 0 aliphatic rings. The predicted octanol–water partition coefficient (Wildman–Crippen LogP) is 3.84. The Kier molecular flexibility index (Phi) is 5.81. The monoisotopic (exact) mass is 347 g/mol. The van der Waals surface area contributed by atoms with Crippen LogP contribution in [0.2, 0.25) is 0 Å². The highest BCUT2D eigenvalue weighted by atomic mass is 79.9. The lowest BCUT2D eigenvalue weighted by molar-refractivity contribution is -0.121. The Bertz CT molecular complexity index is 613. The maximum Gasteiger partial charge on any atom is 0.223 e. The van der Waals surface area contributed by atoms with Crippen LogP contribution in [-0.2, 0) is 11.3 Å². The van der Waals surface area contributed by atoms with E-state index in [1.165, 1.54) is 5.56 Å². The van der Waals surface area contributed by atoms with E-state index in [1.807, 2.05) is 55.5 Å². The summed E-state index contributed by atoms with van der Waals surface area (Å²) in [5, 5.41) is 2.91. The van der Waals surface area contributed by atoms with Gasteiger partial charge in [-0.1, -0.05) is 46.3 Å². The van der Waals surface area contributed by atoms with E-state index in [1.54, 1.807) is 0 Å². The van der Waals surface area contributed by atoms with Crippen LogP contribution in [0.5, 0.6) is 5.75 Å². The van der Waals surface area contributed by atoms with Crippen LogP contribution in [-0.4, -0.2) is 12.5 Å². The summed E-state index contributed by atoms with van der Waals surface area (Å²) in [4.78, 5) is 11.8. The van der Waals surface area contributed by atoms with Crippen LogP contribution in [0.15, 0.2) is 53.0 Å². The van der Waals surface area contributed by atoms with Crippen molar-refractivity contribution in [3.63, 3.8) is 0 Å². The fourth-order valence-electron chi connectivity index (χ4n) is 1.91. The third-order valence-corrected chi connectivity index (χ3v) is 3.62. The first-order valence-corrected chi connectivity index (χ1v) is 7.64. The van der Waals surface area contributed by atoms with Crippen molar-refractivity contribution >= 4 is 21.8 Å². The molecule has 2 aromatic rings. The lowest BCUT2D eigenvalue weighted by Gasteiger charge is -2.09. The number of carbonyl (C=O) groups excluding carboxylic acids is 1. The molecule has 1 N–H and O–H groups in total. The molecule has 0 bridgehead atoms. The molecule has 2 rings (SSSR count). The maximum absolute atomic E-state index is 11.8. The second kappa shape index (κ2) is 7.84. The van der Waals surface area contributed by atoms with Gasteiger partial charge in [0.2, 0.25) is 5.91 Å². The summed E-state index contributed by atoms with van der Waals surface area (Å²) in [6.45, 7) is 2.97. The normalized spacial score (nSPS) is 10.2. The SMILES string of the molecule is Cc1ccccc1CNC(=O)CCOc1cccc(Br)c1. The van der Waals surface area contributed by atoms with Gasteiger partial charge in [-0.15, -0.1) is 0 Å². The van der Waals surface area contributed by atoms with E-state index < -0.39 is 0 Å². The van der Waals surface area contributed by atoms with Gasteiger partial charge in [-0.25, -0.2) is 0 Å². The van der Waals surface area contributed by atoms with Crippen molar-refractivity contribution in [3.8, 4) is 5.75 Å². The number of rotatable bonds is 6. The zero-order valence-corrected chi connectivity index (χ0v) is 13.5. The molecule has 21 heavy (non-hydrogen) atoms. The molecule has 0 aliphatic heterocycles. The summed E-state index contributed by atoms with van der Waals surface area (Å²) >= 11 is 3.38. The van der Waals surface area contributed by atoms with Gasteiger partial charge in [-0.3, -0.25) is 4.79 Å². The number of halogens is 1. The second-order valence-electron chi connectivity index (χ2n) is 4.76. The zero-order valence-electron chi connectivity index (χ0n) is 11.9. The fraction of sp³-hybridized carbons (Fsp3) is 0.235. The van der Waals surface area contributed by atoms with Crippen LogP contribution in [0.25, 0.3) is 0 Å². The highest BCUT2D eigenvalue weighted by Crippen LogP contribution is 2.17. The Morgan fingerprint density at radius 2 is 2.00 bits per heavy atom. The van der Waals surface area contributed by atoms with Gasteiger partial charge in [0.15, 0.2) is 0 Å². The topological polar surface area (TPSA) is 38.3 Å². The van der Waals surface area contributed by atoms with E-state index in [0.717, 1.165) is 15.8 Å². The number of hydrogen-bond acceptors (Lipinski definition) is 2. The highest BCUT2D eigenvalue weighted by molar-refractivity contribution is 9.10. The molecular weight excluding hydrogens is 330 g/mol. The Morgan fingerprint density at radius 1 is 1.19 bits per heavy atom. The smallest absolute Gasteiger partial charge is 0.223 e. The summed E-state index contributed by atoms with van der Waals surface area (Å²) in [6.07, 6.45) is 0.346. The Morgan fingerprint density at radius 3 is 2.76 bits per heavy atom. The minimum atomic E-state index is -0.00625. The van der Waals surface area contributed by atoms with Crippen molar-refractivity contribution in [1.82, 2.24) is 5.32 Å². The van der Waals surface area contributed by atoms with Crippen LogP contribution in [0.3, 0.4) is 0 Å². The summed E-state index contributed by atoms with van der Waals surface area (Å²) in [5.41, 5.74) is 2.32. The van der Waals surface area contributed by atoms with Gasteiger partial charge < -0.3 is 10.1 Å². The van der Waals surface area contributed by atoms with E-state index in [0.29, 0.717) is 19.6 Å². The number of hydrogen-bond donors (Lipinski definition) is 1. The first kappa shape index (κ1) is 15.6. The summed E-state index contributed by atoms with van der Waals surface area (Å²) in [6, 6.07) is 15.6. The van der Waals surface area contributed by atoms with Gasteiger partial charge in [-0.05, 0) is 36.2 Å².